The molecule has 1 amide bonds. The first kappa shape index (κ1) is 16.8. The highest BCUT2D eigenvalue weighted by atomic mass is 35.5. The highest BCUT2D eigenvalue weighted by Crippen LogP contribution is 2.63. The van der Waals surface area contributed by atoms with E-state index in [4.69, 9.17) is 11.6 Å². The third kappa shape index (κ3) is 3.35. The minimum atomic E-state index is -0.154. The van der Waals surface area contributed by atoms with E-state index in [-0.39, 0.29) is 16.2 Å². The van der Waals surface area contributed by atoms with Gasteiger partial charge in [-0.2, -0.15) is 0 Å². The standard InChI is InChI=1S/C20H26ClNOS/c21-20-12-15-9-16(13-20)11-19(10-15,14-20)18(23)22-7-4-8-24-17-5-2-1-3-6-17/h1-3,5-6,15-16H,4,7-14H2,(H,22,23)/t15-,16-,19?,20?/m1/s1. The number of alkyl halides is 1. The molecule has 0 unspecified atom stereocenters. The molecule has 2 nitrogen and oxygen atoms in total. The molecule has 4 aliphatic carbocycles. The molecule has 0 spiro atoms. The molecule has 2 atom stereocenters. The lowest BCUT2D eigenvalue weighted by molar-refractivity contribution is -0.144. The van der Waals surface area contributed by atoms with E-state index in [2.05, 4.69) is 29.6 Å². The van der Waals surface area contributed by atoms with Gasteiger partial charge in [0, 0.05) is 16.3 Å². The molecule has 130 valence electrons. The van der Waals surface area contributed by atoms with Crippen LogP contribution in [0.4, 0.5) is 0 Å². The van der Waals surface area contributed by atoms with Crippen LogP contribution in [0.15, 0.2) is 35.2 Å². The van der Waals surface area contributed by atoms with Gasteiger partial charge in [-0.3, -0.25) is 4.79 Å². The summed E-state index contributed by atoms with van der Waals surface area (Å²) in [5.41, 5.74) is -0.154. The molecule has 4 aliphatic rings. The molecule has 1 aromatic rings. The third-order valence-electron chi connectivity index (χ3n) is 6.09. The fourth-order valence-electron chi connectivity index (χ4n) is 5.58. The molecule has 5 rings (SSSR count). The number of hydrogen-bond acceptors (Lipinski definition) is 2. The van der Waals surface area contributed by atoms with E-state index in [1.807, 2.05) is 17.8 Å². The van der Waals surface area contributed by atoms with E-state index in [0.717, 1.165) is 50.8 Å². The number of carbonyl (C=O) groups excluding carboxylic acids is 1. The first-order chi connectivity index (χ1) is 11.6. The third-order valence-corrected chi connectivity index (χ3v) is 7.63. The van der Waals surface area contributed by atoms with Crippen LogP contribution < -0.4 is 5.32 Å². The molecule has 4 bridgehead atoms. The fraction of sp³-hybridized carbons (Fsp3) is 0.650. The van der Waals surface area contributed by atoms with E-state index in [9.17, 15) is 4.79 Å². The van der Waals surface area contributed by atoms with Gasteiger partial charge in [-0.15, -0.1) is 23.4 Å². The Morgan fingerprint density at radius 2 is 1.88 bits per heavy atom. The van der Waals surface area contributed by atoms with Gasteiger partial charge in [0.1, 0.15) is 0 Å². The van der Waals surface area contributed by atoms with Crippen molar-refractivity contribution in [1.29, 1.82) is 0 Å². The second-order valence-electron chi connectivity index (χ2n) is 8.16. The summed E-state index contributed by atoms with van der Waals surface area (Å²) in [5.74, 6) is 2.69. The monoisotopic (exact) mass is 363 g/mol. The Morgan fingerprint density at radius 3 is 2.54 bits per heavy atom. The number of amides is 1. The van der Waals surface area contributed by atoms with Crippen LogP contribution in [0.1, 0.15) is 44.9 Å². The zero-order valence-corrected chi connectivity index (χ0v) is 15.7. The number of rotatable bonds is 6. The zero-order chi connectivity index (χ0) is 16.6. The van der Waals surface area contributed by atoms with Crippen molar-refractivity contribution in [3.8, 4) is 0 Å². The molecule has 4 saturated carbocycles. The van der Waals surface area contributed by atoms with Crippen LogP contribution in [0.5, 0.6) is 0 Å². The zero-order valence-electron chi connectivity index (χ0n) is 14.1. The number of halogens is 1. The molecule has 1 aromatic carbocycles. The summed E-state index contributed by atoms with van der Waals surface area (Å²) in [5, 5.41) is 3.23. The summed E-state index contributed by atoms with van der Waals surface area (Å²) in [6.07, 6.45) is 7.63. The number of hydrogen-bond donors (Lipinski definition) is 1. The molecule has 4 fully saturated rings. The summed E-state index contributed by atoms with van der Waals surface area (Å²) >= 11 is 8.69. The van der Waals surface area contributed by atoms with E-state index >= 15 is 0 Å². The quantitative estimate of drug-likeness (QED) is 0.444. The first-order valence-electron chi connectivity index (χ1n) is 9.22. The van der Waals surface area contributed by atoms with Gasteiger partial charge in [0.05, 0.1) is 5.41 Å². The van der Waals surface area contributed by atoms with Crippen molar-refractivity contribution in [3.05, 3.63) is 30.3 Å². The molecule has 1 N–H and O–H groups in total. The summed E-state index contributed by atoms with van der Waals surface area (Å²) < 4.78 is 0. The second-order valence-corrected chi connectivity index (χ2v) is 10.1. The lowest BCUT2D eigenvalue weighted by Crippen LogP contribution is -2.58. The van der Waals surface area contributed by atoms with Crippen LogP contribution in [0.25, 0.3) is 0 Å². The van der Waals surface area contributed by atoms with E-state index in [1.165, 1.54) is 11.3 Å². The summed E-state index contributed by atoms with van der Waals surface area (Å²) in [6.45, 7) is 0.783. The van der Waals surface area contributed by atoms with Gasteiger partial charge < -0.3 is 5.32 Å². The van der Waals surface area contributed by atoms with Crippen LogP contribution in [0.2, 0.25) is 0 Å². The first-order valence-corrected chi connectivity index (χ1v) is 10.6. The Balaban J connectivity index is 1.26. The Morgan fingerprint density at radius 1 is 1.17 bits per heavy atom. The van der Waals surface area contributed by atoms with E-state index in [0.29, 0.717) is 11.8 Å². The molecule has 0 aromatic heterocycles. The second kappa shape index (κ2) is 6.57. The predicted octanol–water partition coefficient (Wildman–Crippen LogP) is 4.86. The van der Waals surface area contributed by atoms with E-state index in [1.54, 1.807) is 0 Å². The van der Waals surface area contributed by atoms with Crippen LogP contribution in [0, 0.1) is 17.3 Å². The number of thioether (sulfide) groups is 1. The Labute approximate surface area is 154 Å². The Hall–Kier alpha value is -0.670. The van der Waals surface area contributed by atoms with Gasteiger partial charge >= 0.3 is 0 Å². The van der Waals surface area contributed by atoms with Gasteiger partial charge in [0.15, 0.2) is 0 Å². The summed E-state index contributed by atoms with van der Waals surface area (Å²) in [6, 6.07) is 10.5. The molecular weight excluding hydrogens is 338 g/mol. The largest absolute Gasteiger partial charge is 0.356 e. The number of benzene rings is 1. The number of nitrogens with one attached hydrogen (secondary N) is 1. The van der Waals surface area contributed by atoms with Crippen molar-refractivity contribution in [2.24, 2.45) is 17.3 Å². The van der Waals surface area contributed by atoms with Crippen LogP contribution >= 0.6 is 23.4 Å². The van der Waals surface area contributed by atoms with Gasteiger partial charge in [-0.25, -0.2) is 0 Å². The van der Waals surface area contributed by atoms with Crippen molar-refractivity contribution in [1.82, 2.24) is 5.32 Å². The van der Waals surface area contributed by atoms with Gasteiger partial charge in [-0.05, 0) is 74.7 Å². The van der Waals surface area contributed by atoms with Crippen LogP contribution in [0.3, 0.4) is 0 Å². The molecule has 0 aliphatic heterocycles. The Bertz CT molecular complexity index is 591. The van der Waals surface area contributed by atoms with Gasteiger partial charge in [0.2, 0.25) is 5.91 Å². The molecule has 24 heavy (non-hydrogen) atoms. The number of carbonyl (C=O) groups is 1. The molecule has 0 radical (unpaired) electrons. The Kier molecular flexibility index (Phi) is 4.59. The van der Waals surface area contributed by atoms with Crippen molar-refractivity contribution in [2.75, 3.05) is 12.3 Å². The van der Waals surface area contributed by atoms with Gasteiger partial charge in [0.25, 0.3) is 0 Å². The normalized spacial score (nSPS) is 36.7. The fourth-order valence-corrected chi connectivity index (χ4v) is 7.15. The maximum Gasteiger partial charge on any atom is 0.226 e. The average molecular weight is 364 g/mol. The molecule has 4 heteroatoms. The molecular formula is C20H26ClNOS. The smallest absolute Gasteiger partial charge is 0.226 e. The van der Waals surface area contributed by atoms with Crippen LogP contribution in [-0.2, 0) is 4.79 Å². The van der Waals surface area contributed by atoms with Crippen molar-refractivity contribution in [3.63, 3.8) is 0 Å². The maximum atomic E-state index is 12.9. The highest BCUT2D eigenvalue weighted by Gasteiger charge is 2.59. The minimum Gasteiger partial charge on any atom is -0.356 e. The molecule has 0 heterocycles. The van der Waals surface area contributed by atoms with Crippen molar-refractivity contribution in [2.45, 2.75) is 54.7 Å². The van der Waals surface area contributed by atoms with Crippen molar-refractivity contribution >= 4 is 29.3 Å². The minimum absolute atomic E-state index is 0.0788. The average Bonchev–Trinajstić information content (AvgIpc) is 2.53. The lowest BCUT2D eigenvalue weighted by Gasteiger charge is -2.59. The summed E-state index contributed by atoms with van der Waals surface area (Å²) in [4.78, 5) is 14.1. The van der Waals surface area contributed by atoms with Gasteiger partial charge in [-0.1, -0.05) is 18.2 Å². The summed E-state index contributed by atoms with van der Waals surface area (Å²) in [7, 11) is 0. The lowest BCUT2D eigenvalue weighted by atomic mass is 9.49. The maximum absolute atomic E-state index is 12.9. The predicted molar refractivity (Wildman–Crippen MR) is 100 cm³/mol. The SMILES string of the molecule is O=C(NCCCSc1ccccc1)C12C[C@H]3C[C@@H](CC(Cl)(C3)C1)C2. The van der Waals surface area contributed by atoms with E-state index < -0.39 is 0 Å². The van der Waals surface area contributed by atoms with Crippen LogP contribution in [-0.4, -0.2) is 23.1 Å². The van der Waals surface area contributed by atoms with Crippen molar-refractivity contribution < 1.29 is 4.79 Å². The topological polar surface area (TPSA) is 29.1 Å². The molecule has 0 saturated heterocycles. The highest BCUT2D eigenvalue weighted by molar-refractivity contribution is 7.99.